The summed E-state index contributed by atoms with van der Waals surface area (Å²) in [6.07, 6.45) is 1.30. The second-order valence-electron chi connectivity index (χ2n) is 3.61. The third-order valence-corrected chi connectivity index (χ3v) is 2.45. The van der Waals surface area contributed by atoms with Crippen LogP contribution in [0, 0.1) is 11.3 Å². The monoisotopic (exact) mass is 258 g/mol. The number of phenolic OH excluding ortho intramolecular Hbond substituents is 1. The van der Waals surface area contributed by atoms with E-state index in [1.165, 1.54) is 25.4 Å². The maximum Gasteiger partial charge on any atom is 0.260 e. The summed E-state index contributed by atoms with van der Waals surface area (Å²) in [5, 5.41) is 27.1. The van der Waals surface area contributed by atoms with Gasteiger partial charge >= 0.3 is 0 Å². The number of nitrogens with zero attached hydrogens (tertiary/aromatic N) is 2. The van der Waals surface area contributed by atoms with Crippen molar-refractivity contribution in [2.75, 3.05) is 12.4 Å². The number of benzene rings is 1. The molecular formula is C12H10N4O3. The minimum Gasteiger partial charge on any atom is -0.507 e. The molecule has 1 amide bonds. The number of aromatic amines is 1. The van der Waals surface area contributed by atoms with E-state index in [2.05, 4.69) is 15.5 Å². The van der Waals surface area contributed by atoms with Crippen LogP contribution in [0.4, 0.5) is 5.82 Å². The smallest absolute Gasteiger partial charge is 0.260 e. The number of hydrogen-bond donors (Lipinski definition) is 3. The van der Waals surface area contributed by atoms with Crippen LogP contribution >= 0.6 is 0 Å². The lowest BCUT2D eigenvalue weighted by Gasteiger charge is -2.07. The summed E-state index contributed by atoms with van der Waals surface area (Å²) in [6, 6.07) is 6.17. The van der Waals surface area contributed by atoms with Gasteiger partial charge in [-0.15, -0.1) is 0 Å². The van der Waals surface area contributed by atoms with E-state index in [4.69, 9.17) is 10.00 Å². The highest BCUT2D eigenvalue weighted by Crippen LogP contribution is 2.24. The summed E-state index contributed by atoms with van der Waals surface area (Å²) < 4.78 is 4.92. The number of amides is 1. The molecule has 0 atom stereocenters. The first-order valence-electron chi connectivity index (χ1n) is 5.27. The van der Waals surface area contributed by atoms with E-state index in [9.17, 15) is 9.90 Å². The molecule has 0 spiro atoms. The third kappa shape index (κ3) is 2.47. The zero-order valence-corrected chi connectivity index (χ0v) is 9.97. The molecule has 0 fully saturated rings. The summed E-state index contributed by atoms with van der Waals surface area (Å²) >= 11 is 0. The highest BCUT2D eigenvalue weighted by molar-refractivity contribution is 6.06. The number of hydrogen-bond acceptors (Lipinski definition) is 5. The molecule has 0 bridgehead atoms. The number of H-pyrrole nitrogens is 1. The molecule has 0 aliphatic heterocycles. The average Bonchev–Trinajstić information content (AvgIpc) is 2.85. The predicted octanol–water partition coefficient (Wildman–Crippen LogP) is 1.25. The van der Waals surface area contributed by atoms with Crippen molar-refractivity contribution in [1.82, 2.24) is 10.2 Å². The van der Waals surface area contributed by atoms with Gasteiger partial charge in [-0.1, -0.05) is 0 Å². The van der Waals surface area contributed by atoms with Crippen molar-refractivity contribution in [2.24, 2.45) is 0 Å². The van der Waals surface area contributed by atoms with Gasteiger partial charge in [-0.05, 0) is 12.1 Å². The molecular weight excluding hydrogens is 248 g/mol. The summed E-state index contributed by atoms with van der Waals surface area (Å²) in [5.41, 5.74) is 0.278. The lowest BCUT2D eigenvalue weighted by Crippen LogP contribution is -2.13. The van der Waals surface area contributed by atoms with Crippen molar-refractivity contribution in [3.8, 4) is 17.6 Å². The zero-order chi connectivity index (χ0) is 13.8. The zero-order valence-electron chi connectivity index (χ0n) is 9.97. The van der Waals surface area contributed by atoms with Crippen LogP contribution in [0.2, 0.25) is 0 Å². The Balaban J connectivity index is 2.24. The van der Waals surface area contributed by atoms with E-state index in [0.29, 0.717) is 5.75 Å². The number of methoxy groups -OCH3 is 1. The fraction of sp³-hybridized carbons (Fsp3) is 0.0833. The molecule has 7 nitrogen and oxygen atoms in total. The van der Waals surface area contributed by atoms with Gasteiger partial charge in [0.1, 0.15) is 28.9 Å². The van der Waals surface area contributed by atoms with Crippen LogP contribution in [-0.4, -0.2) is 28.3 Å². The van der Waals surface area contributed by atoms with Gasteiger partial charge in [-0.25, -0.2) is 0 Å². The summed E-state index contributed by atoms with van der Waals surface area (Å²) in [7, 11) is 1.46. The van der Waals surface area contributed by atoms with Crippen LogP contribution in [0.1, 0.15) is 15.9 Å². The van der Waals surface area contributed by atoms with Crippen molar-refractivity contribution < 1.29 is 14.6 Å². The van der Waals surface area contributed by atoms with E-state index in [1.807, 2.05) is 6.07 Å². The van der Waals surface area contributed by atoms with E-state index >= 15 is 0 Å². The van der Waals surface area contributed by atoms with Crippen molar-refractivity contribution >= 4 is 11.7 Å². The van der Waals surface area contributed by atoms with E-state index in [-0.39, 0.29) is 22.7 Å². The van der Waals surface area contributed by atoms with Crippen molar-refractivity contribution in [3.63, 3.8) is 0 Å². The van der Waals surface area contributed by atoms with Crippen LogP contribution in [-0.2, 0) is 0 Å². The number of rotatable bonds is 3. The van der Waals surface area contributed by atoms with Crippen molar-refractivity contribution in [3.05, 3.63) is 35.5 Å². The van der Waals surface area contributed by atoms with Crippen LogP contribution in [0.15, 0.2) is 24.4 Å². The van der Waals surface area contributed by atoms with Gasteiger partial charge in [-0.3, -0.25) is 9.89 Å². The Labute approximate surface area is 108 Å². The molecule has 0 saturated heterocycles. The SMILES string of the molecule is COc1ccc(C(=O)Nc2[nH]ncc2C#N)c(O)c1. The molecule has 1 aromatic carbocycles. The lowest BCUT2D eigenvalue weighted by atomic mass is 10.1. The number of carbonyl (C=O) groups excluding carboxylic acids is 1. The minimum absolute atomic E-state index is 0.0688. The Bertz CT molecular complexity index is 657. The molecule has 0 saturated carbocycles. The molecule has 0 radical (unpaired) electrons. The Hall–Kier alpha value is -3.01. The molecule has 1 heterocycles. The fourth-order valence-electron chi connectivity index (χ4n) is 1.48. The summed E-state index contributed by atoms with van der Waals surface area (Å²) in [5.74, 6) is -0.146. The van der Waals surface area contributed by atoms with Gasteiger partial charge in [-0.2, -0.15) is 10.4 Å². The maximum atomic E-state index is 11.9. The molecule has 0 aliphatic rings. The number of ether oxygens (including phenoxy) is 1. The van der Waals surface area contributed by atoms with Crippen LogP contribution < -0.4 is 10.1 Å². The number of phenols is 1. The van der Waals surface area contributed by atoms with Crippen molar-refractivity contribution in [2.45, 2.75) is 0 Å². The number of aromatic hydroxyl groups is 1. The van der Waals surface area contributed by atoms with Gasteiger partial charge in [0.05, 0.1) is 18.9 Å². The maximum absolute atomic E-state index is 11.9. The second-order valence-corrected chi connectivity index (χ2v) is 3.61. The highest BCUT2D eigenvalue weighted by atomic mass is 16.5. The first-order valence-corrected chi connectivity index (χ1v) is 5.27. The van der Waals surface area contributed by atoms with Gasteiger partial charge in [0.25, 0.3) is 5.91 Å². The van der Waals surface area contributed by atoms with Gasteiger partial charge in [0.15, 0.2) is 0 Å². The molecule has 2 aromatic rings. The van der Waals surface area contributed by atoms with Crippen LogP contribution in [0.5, 0.6) is 11.5 Å². The van der Waals surface area contributed by atoms with Gasteiger partial charge in [0.2, 0.25) is 0 Å². The number of nitriles is 1. The molecule has 0 unspecified atom stereocenters. The Morgan fingerprint density at radius 1 is 1.58 bits per heavy atom. The summed E-state index contributed by atoms with van der Waals surface area (Å²) in [4.78, 5) is 11.9. The minimum atomic E-state index is -0.555. The topological polar surface area (TPSA) is 111 Å². The number of carbonyl (C=O) groups is 1. The second kappa shape index (κ2) is 5.10. The number of anilines is 1. The Kier molecular flexibility index (Phi) is 3.34. The molecule has 1 aromatic heterocycles. The fourth-order valence-corrected chi connectivity index (χ4v) is 1.48. The molecule has 19 heavy (non-hydrogen) atoms. The first kappa shape index (κ1) is 12.4. The highest BCUT2D eigenvalue weighted by Gasteiger charge is 2.14. The van der Waals surface area contributed by atoms with Crippen LogP contribution in [0.25, 0.3) is 0 Å². The first-order chi connectivity index (χ1) is 9.15. The molecule has 7 heteroatoms. The van der Waals surface area contributed by atoms with E-state index in [0.717, 1.165) is 0 Å². The van der Waals surface area contributed by atoms with E-state index in [1.54, 1.807) is 6.07 Å². The summed E-state index contributed by atoms with van der Waals surface area (Å²) in [6.45, 7) is 0. The van der Waals surface area contributed by atoms with Gasteiger partial charge < -0.3 is 15.2 Å². The predicted molar refractivity (Wildman–Crippen MR) is 65.9 cm³/mol. The molecule has 96 valence electrons. The molecule has 0 aliphatic carbocycles. The lowest BCUT2D eigenvalue weighted by molar-refractivity contribution is 0.102. The van der Waals surface area contributed by atoms with Crippen LogP contribution in [0.3, 0.4) is 0 Å². The quantitative estimate of drug-likeness (QED) is 0.767. The largest absolute Gasteiger partial charge is 0.507 e. The number of nitrogens with one attached hydrogen (secondary N) is 2. The molecule has 3 N–H and O–H groups in total. The Morgan fingerprint density at radius 2 is 2.37 bits per heavy atom. The average molecular weight is 258 g/mol. The van der Waals surface area contributed by atoms with E-state index < -0.39 is 5.91 Å². The Morgan fingerprint density at radius 3 is 3.00 bits per heavy atom. The standard InChI is InChI=1S/C12H10N4O3/c1-19-8-2-3-9(10(17)4-8)12(18)15-11-7(5-13)6-14-16-11/h2-4,6,17H,1H3,(H2,14,15,16,18). The van der Waals surface area contributed by atoms with Gasteiger partial charge in [0, 0.05) is 6.07 Å². The normalized spacial score (nSPS) is 9.68. The third-order valence-electron chi connectivity index (χ3n) is 2.45. The number of aromatic nitrogens is 2. The van der Waals surface area contributed by atoms with Crippen molar-refractivity contribution in [1.29, 1.82) is 5.26 Å². The molecule has 2 rings (SSSR count).